The Morgan fingerprint density at radius 3 is 2.83 bits per heavy atom. The number of nitriles is 1. The minimum atomic E-state index is 0.481. The predicted molar refractivity (Wildman–Crippen MR) is 42.0 cm³/mol. The molecule has 0 saturated heterocycles. The summed E-state index contributed by atoms with van der Waals surface area (Å²) in [7, 11) is 0. The van der Waals surface area contributed by atoms with E-state index in [2.05, 4.69) is 15.0 Å². The zero-order valence-electron chi connectivity index (χ0n) is 6.10. The molecule has 4 nitrogen and oxygen atoms in total. The van der Waals surface area contributed by atoms with Crippen LogP contribution in [0.2, 0.25) is 0 Å². The van der Waals surface area contributed by atoms with E-state index in [4.69, 9.17) is 5.26 Å². The lowest BCUT2D eigenvalue weighted by Crippen LogP contribution is -1.86. The Kier molecular flexibility index (Phi) is 1.42. The van der Waals surface area contributed by atoms with Crippen LogP contribution in [0.25, 0.3) is 10.9 Å². The summed E-state index contributed by atoms with van der Waals surface area (Å²) < 4.78 is 0. The zero-order chi connectivity index (χ0) is 8.39. The average molecular weight is 156 g/mol. The van der Waals surface area contributed by atoms with E-state index in [1.165, 1.54) is 12.5 Å². The van der Waals surface area contributed by atoms with Gasteiger partial charge in [0.2, 0.25) is 0 Å². The Bertz CT molecular complexity index is 453. The first-order valence-electron chi connectivity index (χ1n) is 3.35. The van der Waals surface area contributed by atoms with Crippen molar-refractivity contribution in [2.45, 2.75) is 0 Å². The normalized spacial score (nSPS) is 9.58. The SMILES string of the molecule is N#Cc1cncc2cncnc12. The molecular weight excluding hydrogens is 152 g/mol. The molecule has 0 atom stereocenters. The molecule has 2 rings (SSSR count). The van der Waals surface area contributed by atoms with Crippen molar-refractivity contribution in [3.63, 3.8) is 0 Å². The first-order valence-corrected chi connectivity index (χ1v) is 3.35. The largest absolute Gasteiger partial charge is 0.263 e. The van der Waals surface area contributed by atoms with Gasteiger partial charge in [-0.2, -0.15) is 5.26 Å². The zero-order valence-corrected chi connectivity index (χ0v) is 6.10. The van der Waals surface area contributed by atoms with Crippen LogP contribution in [0.15, 0.2) is 24.9 Å². The third-order valence-corrected chi connectivity index (χ3v) is 1.53. The first kappa shape index (κ1) is 6.68. The molecule has 0 unspecified atom stereocenters. The fourth-order valence-corrected chi connectivity index (χ4v) is 0.995. The van der Waals surface area contributed by atoms with E-state index in [-0.39, 0.29) is 0 Å². The van der Waals surface area contributed by atoms with Gasteiger partial charge in [-0.25, -0.2) is 9.97 Å². The van der Waals surface area contributed by atoms with Crippen molar-refractivity contribution in [2.24, 2.45) is 0 Å². The maximum absolute atomic E-state index is 8.69. The highest BCUT2D eigenvalue weighted by atomic mass is 14.8. The topological polar surface area (TPSA) is 62.5 Å². The van der Waals surface area contributed by atoms with Crippen LogP contribution >= 0.6 is 0 Å². The number of pyridine rings is 1. The predicted octanol–water partition coefficient (Wildman–Crippen LogP) is 0.896. The molecule has 0 fully saturated rings. The molecule has 0 aromatic carbocycles. The molecule has 2 aromatic rings. The van der Waals surface area contributed by atoms with Crippen LogP contribution in [0.3, 0.4) is 0 Å². The Morgan fingerprint density at radius 2 is 2.00 bits per heavy atom. The standard InChI is InChI=1S/C8H4N4/c9-1-6-2-10-3-7-4-11-5-12-8(6)7/h2-5H. The monoisotopic (exact) mass is 156 g/mol. The van der Waals surface area contributed by atoms with Crippen LogP contribution in [0.5, 0.6) is 0 Å². The van der Waals surface area contributed by atoms with E-state index in [1.807, 2.05) is 6.07 Å². The molecule has 0 aliphatic carbocycles. The maximum Gasteiger partial charge on any atom is 0.116 e. The second-order valence-electron chi connectivity index (χ2n) is 2.26. The van der Waals surface area contributed by atoms with Gasteiger partial charge in [0.15, 0.2) is 0 Å². The van der Waals surface area contributed by atoms with Crippen molar-refractivity contribution in [3.8, 4) is 6.07 Å². The molecule has 0 aliphatic heterocycles. The lowest BCUT2D eigenvalue weighted by molar-refractivity contribution is 1.20. The number of hydrogen-bond acceptors (Lipinski definition) is 4. The van der Waals surface area contributed by atoms with Gasteiger partial charge in [0, 0.05) is 24.0 Å². The van der Waals surface area contributed by atoms with Gasteiger partial charge in [0.05, 0.1) is 11.1 Å². The Hall–Kier alpha value is -2.02. The molecule has 0 saturated carbocycles. The summed E-state index contributed by atoms with van der Waals surface area (Å²) in [6, 6.07) is 2.02. The molecule has 12 heavy (non-hydrogen) atoms. The fraction of sp³-hybridized carbons (Fsp3) is 0. The second-order valence-corrected chi connectivity index (χ2v) is 2.26. The van der Waals surface area contributed by atoms with E-state index in [0.29, 0.717) is 11.1 Å². The van der Waals surface area contributed by atoms with E-state index >= 15 is 0 Å². The highest BCUT2D eigenvalue weighted by Crippen LogP contribution is 2.11. The van der Waals surface area contributed by atoms with E-state index in [1.54, 1.807) is 12.4 Å². The summed E-state index contributed by atoms with van der Waals surface area (Å²) in [5.74, 6) is 0. The highest BCUT2D eigenvalue weighted by molar-refractivity contribution is 5.81. The van der Waals surface area contributed by atoms with Gasteiger partial charge in [-0.15, -0.1) is 0 Å². The molecule has 0 aliphatic rings. The average Bonchev–Trinajstić information content (AvgIpc) is 2.17. The number of rotatable bonds is 0. The fourth-order valence-electron chi connectivity index (χ4n) is 0.995. The van der Waals surface area contributed by atoms with E-state index < -0.39 is 0 Å². The molecule has 0 amide bonds. The van der Waals surface area contributed by atoms with Gasteiger partial charge >= 0.3 is 0 Å². The molecule has 4 heteroatoms. The molecular formula is C8H4N4. The highest BCUT2D eigenvalue weighted by Gasteiger charge is 1.99. The molecule has 0 radical (unpaired) electrons. The van der Waals surface area contributed by atoms with Crippen LogP contribution < -0.4 is 0 Å². The molecule has 2 aromatic heterocycles. The van der Waals surface area contributed by atoms with Crippen molar-refractivity contribution in [2.75, 3.05) is 0 Å². The van der Waals surface area contributed by atoms with Gasteiger partial charge in [-0.1, -0.05) is 0 Å². The third kappa shape index (κ3) is 0.883. The van der Waals surface area contributed by atoms with Crippen molar-refractivity contribution in [1.82, 2.24) is 15.0 Å². The summed E-state index contributed by atoms with van der Waals surface area (Å²) in [4.78, 5) is 11.7. The third-order valence-electron chi connectivity index (χ3n) is 1.53. The summed E-state index contributed by atoms with van der Waals surface area (Å²) >= 11 is 0. The van der Waals surface area contributed by atoms with Crippen LogP contribution in [0.1, 0.15) is 5.56 Å². The van der Waals surface area contributed by atoms with Crippen molar-refractivity contribution in [1.29, 1.82) is 5.26 Å². The molecule has 0 spiro atoms. The maximum atomic E-state index is 8.69. The summed E-state index contributed by atoms with van der Waals surface area (Å²) in [5, 5.41) is 9.47. The number of fused-ring (bicyclic) bond motifs is 1. The van der Waals surface area contributed by atoms with Gasteiger partial charge in [-0.3, -0.25) is 4.98 Å². The van der Waals surface area contributed by atoms with Crippen molar-refractivity contribution < 1.29 is 0 Å². The smallest absolute Gasteiger partial charge is 0.116 e. The minimum absolute atomic E-state index is 0.481. The molecule has 2 heterocycles. The van der Waals surface area contributed by atoms with E-state index in [0.717, 1.165) is 5.39 Å². The Labute approximate surface area is 68.5 Å². The number of hydrogen-bond donors (Lipinski definition) is 0. The van der Waals surface area contributed by atoms with Gasteiger partial charge in [0.1, 0.15) is 12.4 Å². The van der Waals surface area contributed by atoms with Gasteiger partial charge in [0.25, 0.3) is 0 Å². The van der Waals surface area contributed by atoms with Gasteiger partial charge in [-0.05, 0) is 0 Å². The summed E-state index contributed by atoms with van der Waals surface area (Å²) in [5.41, 5.74) is 1.14. The second kappa shape index (κ2) is 2.55. The van der Waals surface area contributed by atoms with E-state index in [9.17, 15) is 0 Å². The summed E-state index contributed by atoms with van der Waals surface area (Å²) in [6.45, 7) is 0. The lowest BCUT2D eigenvalue weighted by Gasteiger charge is -1.94. The molecule has 56 valence electrons. The van der Waals surface area contributed by atoms with Crippen LogP contribution in [0, 0.1) is 11.3 Å². The van der Waals surface area contributed by atoms with Gasteiger partial charge < -0.3 is 0 Å². The first-order chi connectivity index (χ1) is 5.92. The molecule has 0 N–H and O–H groups in total. The number of aromatic nitrogens is 3. The Balaban J connectivity index is 2.91. The minimum Gasteiger partial charge on any atom is -0.263 e. The van der Waals surface area contributed by atoms with Crippen molar-refractivity contribution in [3.05, 3.63) is 30.5 Å². The quantitative estimate of drug-likeness (QED) is 0.568. The van der Waals surface area contributed by atoms with Crippen LogP contribution in [0.4, 0.5) is 0 Å². The number of nitrogens with zero attached hydrogens (tertiary/aromatic N) is 4. The van der Waals surface area contributed by atoms with Crippen LogP contribution in [-0.2, 0) is 0 Å². The molecule has 0 bridgehead atoms. The van der Waals surface area contributed by atoms with Crippen molar-refractivity contribution >= 4 is 10.9 Å². The Morgan fingerprint density at radius 1 is 1.17 bits per heavy atom. The summed E-state index contributed by atoms with van der Waals surface area (Å²) in [6.07, 6.45) is 6.19. The lowest BCUT2D eigenvalue weighted by atomic mass is 10.2. The van der Waals surface area contributed by atoms with Crippen LogP contribution in [-0.4, -0.2) is 15.0 Å².